The first-order valence-corrected chi connectivity index (χ1v) is 15.1. The van der Waals surface area contributed by atoms with Crippen LogP contribution in [0.1, 0.15) is 31.2 Å². The number of amidine groups is 1. The van der Waals surface area contributed by atoms with E-state index in [1.165, 1.54) is 0 Å². The molecule has 11 heteroatoms. The van der Waals surface area contributed by atoms with Crippen LogP contribution in [-0.4, -0.2) is 88.3 Å². The number of hydrogen-bond donors (Lipinski definition) is 3. The van der Waals surface area contributed by atoms with E-state index in [-0.39, 0.29) is 18.0 Å². The first-order valence-electron chi connectivity index (χ1n) is 15.1. The Hall–Kier alpha value is -4.48. The highest BCUT2D eigenvalue weighted by Gasteiger charge is 2.33. The summed E-state index contributed by atoms with van der Waals surface area (Å²) in [4.78, 5) is 29.7. The number of para-hydroxylation sites is 1. The van der Waals surface area contributed by atoms with Crippen molar-refractivity contribution in [2.24, 2.45) is 5.10 Å². The number of hydrogen-bond acceptors (Lipinski definition) is 9. The summed E-state index contributed by atoms with van der Waals surface area (Å²) in [7, 11) is 2.13. The summed E-state index contributed by atoms with van der Waals surface area (Å²) >= 11 is 0. The molecule has 222 valence electrons. The van der Waals surface area contributed by atoms with Gasteiger partial charge in [-0.15, -0.1) is 0 Å². The van der Waals surface area contributed by atoms with Gasteiger partial charge < -0.3 is 25.3 Å². The largest absolute Gasteiger partial charge is 0.457 e. The number of likely N-dealkylation sites (N-methyl/N-ethyl adjacent to an activating group) is 1. The van der Waals surface area contributed by atoms with Gasteiger partial charge in [-0.2, -0.15) is 5.10 Å². The molecule has 0 bridgehead atoms. The zero-order valence-electron chi connectivity index (χ0n) is 24.4. The summed E-state index contributed by atoms with van der Waals surface area (Å²) in [5, 5.41) is 14.9. The number of ether oxygens (including phenoxy) is 1. The van der Waals surface area contributed by atoms with E-state index in [1.807, 2.05) is 60.8 Å². The number of amides is 1. The van der Waals surface area contributed by atoms with Gasteiger partial charge in [0.2, 0.25) is 5.91 Å². The number of anilines is 2. The fourth-order valence-corrected chi connectivity index (χ4v) is 6.18. The number of aromatic amines is 1. The molecule has 1 aliphatic carbocycles. The summed E-state index contributed by atoms with van der Waals surface area (Å²) < 4.78 is 5.96. The van der Waals surface area contributed by atoms with Crippen LogP contribution in [0.15, 0.2) is 72.2 Å². The molecule has 0 unspecified atom stereocenters. The van der Waals surface area contributed by atoms with Crippen molar-refractivity contribution in [1.82, 2.24) is 30.1 Å². The number of rotatable bonds is 7. The highest BCUT2D eigenvalue weighted by Crippen LogP contribution is 2.36. The summed E-state index contributed by atoms with van der Waals surface area (Å²) in [6.45, 7) is 4.39. The lowest BCUT2D eigenvalue weighted by Crippen LogP contribution is -2.50. The van der Waals surface area contributed by atoms with Gasteiger partial charge in [-0.05, 0) is 69.1 Å². The molecule has 2 fully saturated rings. The Balaban J connectivity index is 1.03. The number of carbonyl (C=O) groups is 1. The minimum absolute atomic E-state index is 0.130. The predicted molar refractivity (Wildman–Crippen MR) is 168 cm³/mol. The van der Waals surface area contributed by atoms with Crippen LogP contribution in [0.3, 0.4) is 0 Å². The minimum atomic E-state index is 0.130. The molecule has 4 heterocycles. The van der Waals surface area contributed by atoms with E-state index >= 15 is 0 Å². The highest BCUT2D eigenvalue weighted by atomic mass is 16.5. The molecule has 3 aliphatic rings. The van der Waals surface area contributed by atoms with Gasteiger partial charge in [-0.1, -0.05) is 18.2 Å². The number of benzene rings is 2. The molecule has 0 radical (unpaired) electrons. The predicted octanol–water partition coefficient (Wildman–Crippen LogP) is 4.02. The Morgan fingerprint density at radius 3 is 2.47 bits per heavy atom. The average Bonchev–Trinajstić information content (AvgIpc) is 3.47. The second-order valence-corrected chi connectivity index (χ2v) is 11.6. The fourth-order valence-electron chi connectivity index (χ4n) is 6.18. The first-order chi connectivity index (χ1) is 21.1. The van der Waals surface area contributed by atoms with Crippen LogP contribution in [0.5, 0.6) is 11.5 Å². The molecule has 0 spiro atoms. The van der Waals surface area contributed by atoms with Crippen molar-refractivity contribution in [3.05, 3.63) is 72.7 Å². The maximum absolute atomic E-state index is 12.8. The zero-order valence-corrected chi connectivity index (χ0v) is 24.4. The lowest BCUT2D eigenvalue weighted by Gasteiger charge is -2.37. The van der Waals surface area contributed by atoms with Gasteiger partial charge in [0, 0.05) is 49.7 Å². The summed E-state index contributed by atoms with van der Waals surface area (Å²) in [6.07, 6.45) is 7.16. The Morgan fingerprint density at radius 1 is 0.953 bits per heavy atom. The Labute approximate surface area is 250 Å². The number of nitrogens with one attached hydrogen (secondary N) is 3. The molecule has 1 saturated carbocycles. The Morgan fingerprint density at radius 2 is 1.70 bits per heavy atom. The van der Waals surface area contributed by atoms with Crippen molar-refractivity contribution in [2.45, 2.75) is 37.8 Å². The SMILES string of the molecule is CN1CCN(CC(=O)NC2CCC(N3N=C(Nc4ccc(Oc5ccccc5)cc4)c4c[nH]c5ncnc3c45)CC2)CC1. The van der Waals surface area contributed by atoms with E-state index in [4.69, 9.17) is 9.84 Å². The van der Waals surface area contributed by atoms with E-state index in [9.17, 15) is 4.79 Å². The number of piperazine rings is 1. The number of hydrazone groups is 1. The smallest absolute Gasteiger partial charge is 0.234 e. The van der Waals surface area contributed by atoms with Crippen molar-refractivity contribution in [3.8, 4) is 11.5 Å². The standard InChI is InChI=1S/C32H37N9O2/c1-39-15-17-40(18-16-39)20-28(42)36-22-7-11-24(12-8-22)41-32-29-27(19-33-31(29)34-21-35-32)30(38-41)37-23-9-13-26(14-10-23)43-25-5-3-2-4-6-25/h2-6,9-10,13-14,19,21-22,24H,7-8,11-12,15-18,20H2,1H3,(H,36,42)(H,37,38)(H,33,34,35). The van der Waals surface area contributed by atoms with Crippen molar-refractivity contribution in [2.75, 3.05) is 50.1 Å². The van der Waals surface area contributed by atoms with Crippen LogP contribution >= 0.6 is 0 Å². The second kappa shape index (κ2) is 12.0. The van der Waals surface area contributed by atoms with Gasteiger partial charge in [-0.3, -0.25) is 9.69 Å². The molecule has 0 atom stereocenters. The minimum Gasteiger partial charge on any atom is -0.457 e. The third-order valence-corrected chi connectivity index (χ3v) is 8.60. The normalized spacial score (nSPS) is 21.0. The summed E-state index contributed by atoms with van der Waals surface area (Å²) in [5.74, 6) is 3.25. The highest BCUT2D eigenvalue weighted by molar-refractivity contribution is 6.19. The molecule has 3 N–H and O–H groups in total. The van der Waals surface area contributed by atoms with E-state index in [0.29, 0.717) is 6.54 Å². The molecule has 11 nitrogen and oxygen atoms in total. The Kier molecular flexibility index (Phi) is 7.65. The van der Waals surface area contributed by atoms with Gasteiger partial charge in [0.15, 0.2) is 11.7 Å². The second-order valence-electron chi connectivity index (χ2n) is 11.6. The summed E-state index contributed by atoms with van der Waals surface area (Å²) in [6, 6.07) is 18.0. The van der Waals surface area contributed by atoms with Crippen LogP contribution < -0.4 is 20.4 Å². The van der Waals surface area contributed by atoms with Gasteiger partial charge in [-0.25, -0.2) is 15.0 Å². The zero-order chi connectivity index (χ0) is 29.2. The number of nitrogens with zero attached hydrogens (tertiary/aromatic N) is 6. The van der Waals surface area contributed by atoms with Crippen LogP contribution in [0.25, 0.3) is 11.0 Å². The average molecular weight is 580 g/mol. The molecule has 2 aromatic carbocycles. The fraction of sp³-hybridized carbons (Fsp3) is 0.375. The number of H-pyrrole nitrogens is 1. The van der Waals surface area contributed by atoms with Gasteiger partial charge >= 0.3 is 0 Å². The number of aromatic nitrogens is 3. The van der Waals surface area contributed by atoms with Crippen LogP contribution in [-0.2, 0) is 4.79 Å². The summed E-state index contributed by atoms with van der Waals surface area (Å²) in [5.41, 5.74) is 2.63. The molecule has 2 aliphatic heterocycles. The van der Waals surface area contributed by atoms with E-state index in [1.54, 1.807) is 6.33 Å². The van der Waals surface area contributed by atoms with Gasteiger partial charge in [0.05, 0.1) is 18.0 Å². The molecule has 7 rings (SSSR count). The maximum atomic E-state index is 12.8. The van der Waals surface area contributed by atoms with Crippen molar-refractivity contribution >= 4 is 34.3 Å². The first kappa shape index (κ1) is 27.4. The molecule has 1 saturated heterocycles. The van der Waals surface area contributed by atoms with E-state index < -0.39 is 0 Å². The molecule has 1 amide bonds. The molecular formula is C32H37N9O2. The molecular weight excluding hydrogens is 542 g/mol. The topological polar surface area (TPSA) is 114 Å². The van der Waals surface area contributed by atoms with Crippen molar-refractivity contribution in [1.29, 1.82) is 0 Å². The van der Waals surface area contributed by atoms with Gasteiger partial charge in [0.1, 0.15) is 23.5 Å². The molecule has 43 heavy (non-hydrogen) atoms. The maximum Gasteiger partial charge on any atom is 0.234 e. The van der Waals surface area contributed by atoms with Crippen molar-refractivity contribution < 1.29 is 9.53 Å². The third-order valence-electron chi connectivity index (χ3n) is 8.60. The molecule has 4 aromatic rings. The quantitative estimate of drug-likeness (QED) is 0.301. The van der Waals surface area contributed by atoms with Crippen molar-refractivity contribution in [3.63, 3.8) is 0 Å². The van der Waals surface area contributed by atoms with E-state index in [0.717, 1.165) is 97.3 Å². The van der Waals surface area contributed by atoms with Crippen LogP contribution in [0.4, 0.5) is 11.5 Å². The monoisotopic (exact) mass is 579 g/mol. The van der Waals surface area contributed by atoms with Gasteiger partial charge in [0.25, 0.3) is 0 Å². The van der Waals surface area contributed by atoms with Crippen LogP contribution in [0.2, 0.25) is 0 Å². The van der Waals surface area contributed by atoms with E-state index in [2.05, 4.69) is 47.4 Å². The lowest BCUT2D eigenvalue weighted by atomic mass is 9.90. The third kappa shape index (κ3) is 6.04. The lowest BCUT2D eigenvalue weighted by molar-refractivity contribution is -0.123. The Bertz CT molecular complexity index is 1590. The molecule has 2 aromatic heterocycles. The number of carbonyl (C=O) groups excluding carboxylic acids is 1. The van der Waals surface area contributed by atoms with Crippen LogP contribution in [0, 0.1) is 0 Å².